The summed E-state index contributed by atoms with van der Waals surface area (Å²) in [5.74, 6) is 9.02. The Morgan fingerprint density at radius 3 is 2.60 bits per heavy atom. The molecule has 1 aromatic rings. The molecule has 0 radical (unpaired) electrons. The van der Waals surface area contributed by atoms with E-state index in [4.69, 9.17) is 5.84 Å². The van der Waals surface area contributed by atoms with Crippen LogP contribution < -0.4 is 16.6 Å². The van der Waals surface area contributed by atoms with Crippen molar-refractivity contribution in [1.82, 2.24) is 9.97 Å². The Morgan fingerprint density at radius 1 is 1.15 bits per heavy atom. The molecule has 2 unspecified atom stereocenters. The van der Waals surface area contributed by atoms with E-state index in [9.17, 15) is 0 Å². The predicted molar refractivity (Wildman–Crippen MR) is 83.6 cm³/mol. The minimum Gasteiger partial charge on any atom is -0.367 e. The Balaban J connectivity index is 2.09. The molecule has 0 bridgehead atoms. The first-order chi connectivity index (χ1) is 9.58. The molecule has 2 rings (SSSR count). The maximum Gasteiger partial charge on any atom is 0.145 e. The molecule has 1 aliphatic rings. The zero-order valence-corrected chi connectivity index (χ0v) is 12.8. The molecule has 5 heteroatoms. The molecule has 0 saturated heterocycles. The number of nitrogen functional groups attached to an aromatic ring is 1. The molecule has 0 aromatic carbocycles. The standard InChI is InChI=1S/C15H27N5/c1-10(2)15-18-13(9-14(19-15)20-16)17-12-6-4-5-11(3)7-8-12/h9-12H,4-8,16H2,1-3H3,(H2,17,18,19,20). The summed E-state index contributed by atoms with van der Waals surface area (Å²) in [6, 6.07) is 2.40. The van der Waals surface area contributed by atoms with Crippen LogP contribution in [0.5, 0.6) is 0 Å². The van der Waals surface area contributed by atoms with Crippen LogP contribution in [0.1, 0.15) is 64.6 Å². The second-order valence-corrected chi connectivity index (χ2v) is 6.25. The zero-order chi connectivity index (χ0) is 14.5. The maximum absolute atomic E-state index is 5.50. The average Bonchev–Trinajstić information content (AvgIpc) is 2.63. The van der Waals surface area contributed by atoms with Crippen LogP contribution in [-0.2, 0) is 0 Å². The van der Waals surface area contributed by atoms with Gasteiger partial charge in [-0.15, -0.1) is 0 Å². The van der Waals surface area contributed by atoms with Crippen LogP contribution in [0.4, 0.5) is 11.6 Å². The van der Waals surface area contributed by atoms with E-state index < -0.39 is 0 Å². The molecule has 4 N–H and O–H groups in total. The highest BCUT2D eigenvalue weighted by molar-refractivity contribution is 5.47. The molecule has 2 atom stereocenters. The lowest BCUT2D eigenvalue weighted by Crippen LogP contribution is -2.20. The summed E-state index contributed by atoms with van der Waals surface area (Å²) in [5.41, 5.74) is 2.63. The number of hydrogen-bond acceptors (Lipinski definition) is 5. The fraction of sp³-hybridized carbons (Fsp3) is 0.733. The quantitative estimate of drug-likeness (QED) is 0.447. The fourth-order valence-corrected chi connectivity index (χ4v) is 2.71. The van der Waals surface area contributed by atoms with Gasteiger partial charge in [-0.3, -0.25) is 0 Å². The van der Waals surface area contributed by atoms with Crippen LogP contribution in [0.3, 0.4) is 0 Å². The summed E-state index contributed by atoms with van der Waals surface area (Å²) in [5, 5.41) is 3.56. The molecule has 1 aliphatic carbocycles. The largest absolute Gasteiger partial charge is 0.367 e. The van der Waals surface area contributed by atoms with Crippen molar-refractivity contribution < 1.29 is 0 Å². The normalized spacial score (nSPS) is 23.4. The summed E-state index contributed by atoms with van der Waals surface area (Å²) in [4.78, 5) is 8.99. The predicted octanol–water partition coefficient (Wildman–Crippen LogP) is 3.27. The molecule has 0 aliphatic heterocycles. The molecule has 1 aromatic heterocycles. The van der Waals surface area contributed by atoms with Crippen molar-refractivity contribution in [2.24, 2.45) is 11.8 Å². The summed E-state index contributed by atoms with van der Waals surface area (Å²) in [7, 11) is 0. The lowest BCUT2D eigenvalue weighted by Gasteiger charge is -2.18. The minimum atomic E-state index is 0.290. The van der Waals surface area contributed by atoms with Crippen LogP contribution >= 0.6 is 0 Å². The first kappa shape index (κ1) is 15.0. The minimum absolute atomic E-state index is 0.290. The van der Waals surface area contributed by atoms with E-state index in [-0.39, 0.29) is 5.92 Å². The third kappa shape index (κ3) is 4.07. The number of hydrogen-bond donors (Lipinski definition) is 3. The van der Waals surface area contributed by atoms with Gasteiger partial charge in [-0.25, -0.2) is 15.8 Å². The molecule has 112 valence electrons. The fourth-order valence-electron chi connectivity index (χ4n) is 2.71. The molecule has 1 heterocycles. The molecule has 20 heavy (non-hydrogen) atoms. The van der Waals surface area contributed by atoms with Crippen molar-refractivity contribution >= 4 is 11.6 Å². The lowest BCUT2D eigenvalue weighted by molar-refractivity contribution is 0.501. The average molecular weight is 277 g/mol. The Kier molecular flexibility index (Phi) is 5.17. The Hall–Kier alpha value is -1.36. The van der Waals surface area contributed by atoms with Gasteiger partial charge in [0.2, 0.25) is 0 Å². The first-order valence-electron chi connectivity index (χ1n) is 7.70. The summed E-state index contributed by atoms with van der Waals surface area (Å²) >= 11 is 0. The van der Waals surface area contributed by atoms with Crippen LogP contribution in [0.25, 0.3) is 0 Å². The lowest BCUT2D eigenvalue weighted by atomic mass is 10.0. The highest BCUT2D eigenvalue weighted by Gasteiger charge is 2.17. The van der Waals surface area contributed by atoms with E-state index in [2.05, 4.69) is 41.5 Å². The summed E-state index contributed by atoms with van der Waals surface area (Å²) < 4.78 is 0. The highest BCUT2D eigenvalue weighted by atomic mass is 15.3. The van der Waals surface area contributed by atoms with E-state index in [1.807, 2.05) is 6.07 Å². The van der Waals surface area contributed by atoms with Crippen molar-refractivity contribution in [3.8, 4) is 0 Å². The van der Waals surface area contributed by atoms with Gasteiger partial charge in [0.15, 0.2) is 0 Å². The Labute approximate surface area is 121 Å². The molecular formula is C15H27N5. The zero-order valence-electron chi connectivity index (χ0n) is 12.8. The van der Waals surface area contributed by atoms with E-state index in [0.717, 1.165) is 17.6 Å². The van der Waals surface area contributed by atoms with E-state index in [1.165, 1.54) is 32.1 Å². The van der Waals surface area contributed by atoms with Crippen molar-refractivity contribution in [2.45, 2.75) is 64.8 Å². The maximum atomic E-state index is 5.50. The number of nitrogens with zero attached hydrogens (tertiary/aromatic N) is 2. The number of anilines is 2. The number of hydrazine groups is 1. The third-order valence-corrected chi connectivity index (χ3v) is 4.02. The van der Waals surface area contributed by atoms with Crippen LogP contribution in [-0.4, -0.2) is 16.0 Å². The van der Waals surface area contributed by atoms with Crippen molar-refractivity contribution in [3.05, 3.63) is 11.9 Å². The number of rotatable bonds is 4. The number of aromatic nitrogens is 2. The third-order valence-electron chi connectivity index (χ3n) is 4.02. The summed E-state index contributed by atoms with van der Waals surface area (Å²) in [6.45, 7) is 6.53. The summed E-state index contributed by atoms with van der Waals surface area (Å²) in [6.07, 6.45) is 6.36. The smallest absolute Gasteiger partial charge is 0.145 e. The van der Waals surface area contributed by atoms with Gasteiger partial charge in [0.05, 0.1) is 0 Å². The second kappa shape index (κ2) is 6.88. The van der Waals surface area contributed by atoms with Gasteiger partial charge in [-0.05, 0) is 25.2 Å². The van der Waals surface area contributed by atoms with E-state index >= 15 is 0 Å². The topological polar surface area (TPSA) is 75.9 Å². The van der Waals surface area contributed by atoms with Crippen LogP contribution in [0, 0.1) is 5.92 Å². The Bertz CT molecular complexity index is 432. The molecule has 1 fully saturated rings. The van der Waals surface area contributed by atoms with Gasteiger partial charge in [0.25, 0.3) is 0 Å². The van der Waals surface area contributed by atoms with Crippen molar-refractivity contribution in [3.63, 3.8) is 0 Å². The highest BCUT2D eigenvalue weighted by Crippen LogP contribution is 2.25. The van der Waals surface area contributed by atoms with Crippen LogP contribution in [0.2, 0.25) is 0 Å². The van der Waals surface area contributed by atoms with E-state index in [0.29, 0.717) is 11.9 Å². The van der Waals surface area contributed by atoms with Gasteiger partial charge >= 0.3 is 0 Å². The first-order valence-corrected chi connectivity index (χ1v) is 7.70. The second-order valence-electron chi connectivity index (χ2n) is 6.25. The Morgan fingerprint density at radius 2 is 1.90 bits per heavy atom. The monoisotopic (exact) mass is 277 g/mol. The SMILES string of the molecule is CC1CCCC(Nc2cc(NN)nc(C(C)C)n2)CC1. The van der Waals surface area contributed by atoms with Gasteiger partial charge in [-0.2, -0.15) is 0 Å². The molecule has 5 nitrogen and oxygen atoms in total. The molecule has 0 amide bonds. The van der Waals surface area contributed by atoms with Gasteiger partial charge in [0, 0.05) is 18.0 Å². The van der Waals surface area contributed by atoms with Gasteiger partial charge in [0.1, 0.15) is 17.5 Å². The van der Waals surface area contributed by atoms with Gasteiger partial charge in [-0.1, -0.05) is 33.6 Å². The van der Waals surface area contributed by atoms with Crippen molar-refractivity contribution in [1.29, 1.82) is 0 Å². The molecule has 0 spiro atoms. The van der Waals surface area contributed by atoms with Crippen molar-refractivity contribution in [2.75, 3.05) is 10.7 Å². The van der Waals surface area contributed by atoms with E-state index in [1.54, 1.807) is 0 Å². The number of nitrogens with one attached hydrogen (secondary N) is 2. The molecular weight excluding hydrogens is 250 g/mol. The molecule has 1 saturated carbocycles. The number of nitrogens with two attached hydrogens (primary N) is 1. The van der Waals surface area contributed by atoms with Crippen LogP contribution in [0.15, 0.2) is 6.07 Å². The van der Waals surface area contributed by atoms with Gasteiger partial charge < -0.3 is 10.7 Å².